The van der Waals surface area contributed by atoms with Crippen LogP contribution in [-0.4, -0.2) is 45.4 Å². The molecule has 3 rings (SSSR count). The summed E-state index contributed by atoms with van der Waals surface area (Å²) in [6.07, 6.45) is 3.07. The molecule has 1 aromatic carbocycles. The van der Waals surface area contributed by atoms with Crippen LogP contribution in [0, 0.1) is 0 Å². The molecule has 20 heavy (non-hydrogen) atoms. The molecule has 1 heterocycles. The number of rotatable bonds is 2. The zero-order valence-electron chi connectivity index (χ0n) is 11.3. The summed E-state index contributed by atoms with van der Waals surface area (Å²) in [4.78, 5) is 14.2. The number of amides is 1. The van der Waals surface area contributed by atoms with Gasteiger partial charge in [0.15, 0.2) is 0 Å². The monoisotopic (exact) mass is 275 g/mol. The van der Waals surface area contributed by atoms with Gasteiger partial charge >= 0.3 is 0 Å². The Hall–Kier alpha value is -1.95. The number of aliphatic hydroxyl groups excluding tert-OH is 1. The van der Waals surface area contributed by atoms with Gasteiger partial charge < -0.3 is 10.0 Å². The largest absolute Gasteiger partial charge is 0.393 e. The minimum absolute atomic E-state index is 0.0611. The Morgan fingerprint density at radius 2 is 2.15 bits per heavy atom. The van der Waals surface area contributed by atoms with E-state index >= 15 is 0 Å². The van der Waals surface area contributed by atoms with Crippen LogP contribution in [0.25, 0.3) is 11.0 Å². The van der Waals surface area contributed by atoms with E-state index < -0.39 is 0 Å². The summed E-state index contributed by atoms with van der Waals surface area (Å²) < 4.78 is 4.63. The molecule has 0 bridgehead atoms. The Kier molecular flexibility index (Phi) is 3.40. The van der Waals surface area contributed by atoms with Crippen molar-refractivity contribution in [3.63, 3.8) is 0 Å². The first-order chi connectivity index (χ1) is 9.65. The lowest BCUT2D eigenvalue weighted by Gasteiger charge is -2.33. The van der Waals surface area contributed by atoms with Gasteiger partial charge in [0.2, 0.25) is 0 Å². The Morgan fingerprint density at radius 1 is 1.35 bits per heavy atom. The topological polar surface area (TPSA) is 79.5 Å². The normalized spacial score (nSPS) is 22.9. The molecule has 0 spiro atoms. The van der Waals surface area contributed by atoms with Crippen molar-refractivity contribution in [3.05, 3.63) is 23.8 Å². The lowest BCUT2D eigenvalue weighted by atomic mass is 9.92. The fourth-order valence-corrected chi connectivity index (χ4v) is 2.78. The quantitative estimate of drug-likeness (QED) is 0.900. The van der Waals surface area contributed by atoms with E-state index in [-0.39, 0.29) is 18.1 Å². The fourth-order valence-electron chi connectivity index (χ4n) is 2.78. The van der Waals surface area contributed by atoms with Gasteiger partial charge in [-0.2, -0.15) is 0 Å². The third kappa shape index (κ3) is 2.38. The molecule has 1 fully saturated rings. The SMILES string of the molecule is CN(C(=O)c1ccc2nonc2c1)[C@@H]1CCC[C@H](O)C1. The summed E-state index contributed by atoms with van der Waals surface area (Å²) in [5, 5.41) is 17.2. The van der Waals surface area contributed by atoms with Crippen LogP contribution >= 0.6 is 0 Å². The molecular weight excluding hydrogens is 258 g/mol. The molecule has 2 atom stereocenters. The maximum atomic E-state index is 12.5. The van der Waals surface area contributed by atoms with E-state index in [1.165, 1.54) is 0 Å². The summed E-state index contributed by atoms with van der Waals surface area (Å²) in [7, 11) is 1.79. The van der Waals surface area contributed by atoms with E-state index in [1.54, 1.807) is 30.1 Å². The Balaban J connectivity index is 1.79. The van der Waals surface area contributed by atoms with Crippen molar-refractivity contribution in [1.82, 2.24) is 15.2 Å². The molecule has 0 aliphatic heterocycles. The van der Waals surface area contributed by atoms with E-state index in [1.807, 2.05) is 0 Å². The van der Waals surface area contributed by atoms with Gasteiger partial charge in [0.05, 0.1) is 6.10 Å². The van der Waals surface area contributed by atoms with E-state index in [4.69, 9.17) is 0 Å². The Labute approximate surface area is 116 Å². The second-order valence-corrected chi connectivity index (χ2v) is 5.36. The van der Waals surface area contributed by atoms with Crippen LogP contribution in [0.15, 0.2) is 22.8 Å². The highest BCUT2D eigenvalue weighted by molar-refractivity contribution is 5.97. The van der Waals surface area contributed by atoms with Gasteiger partial charge in [0, 0.05) is 18.7 Å². The van der Waals surface area contributed by atoms with Crippen LogP contribution in [0.5, 0.6) is 0 Å². The molecule has 1 amide bonds. The summed E-state index contributed by atoms with van der Waals surface area (Å²) in [6, 6.07) is 5.23. The zero-order chi connectivity index (χ0) is 14.1. The number of benzene rings is 1. The maximum Gasteiger partial charge on any atom is 0.253 e. The van der Waals surface area contributed by atoms with Gasteiger partial charge in [0.25, 0.3) is 5.91 Å². The predicted octanol–water partition coefficient (Wildman–Crippen LogP) is 1.60. The molecule has 106 valence electrons. The average Bonchev–Trinajstić information content (AvgIpc) is 2.93. The maximum absolute atomic E-state index is 12.5. The number of nitrogens with zero attached hydrogens (tertiary/aromatic N) is 3. The van der Waals surface area contributed by atoms with Gasteiger partial charge in [-0.15, -0.1) is 0 Å². The summed E-state index contributed by atoms with van der Waals surface area (Å²) in [5.74, 6) is -0.0611. The van der Waals surface area contributed by atoms with Crippen LogP contribution in [0.1, 0.15) is 36.0 Å². The second-order valence-electron chi connectivity index (χ2n) is 5.36. The Morgan fingerprint density at radius 3 is 2.95 bits per heavy atom. The summed E-state index contributed by atoms with van der Waals surface area (Å²) in [6.45, 7) is 0. The van der Waals surface area contributed by atoms with Gasteiger partial charge in [-0.25, -0.2) is 4.63 Å². The van der Waals surface area contributed by atoms with Gasteiger partial charge in [-0.1, -0.05) is 0 Å². The molecule has 1 aliphatic rings. The standard InChI is InChI=1S/C14H17N3O3/c1-17(10-3-2-4-11(18)8-10)14(19)9-5-6-12-13(7-9)16-20-15-12/h5-7,10-11,18H,2-4,8H2,1H3/t10-,11+/m1/s1. The molecule has 1 saturated carbocycles. The van der Waals surface area contributed by atoms with Crippen LogP contribution in [0.2, 0.25) is 0 Å². The third-order valence-electron chi connectivity index (χ3n) is 3.99. The smallest absolute Gasteiger partial charge is 0.253 e. The number of aromatic nitrogens is 2. The molecule has 1 N–H and O–H groups in total. The summed E-state index contributed by atoms with van der Waals surface area (Å²) in [5.41, 5.74) is 1.78. The van der Waals surface area contributed by atoms with Crippen LogP contribution in [-0.2, 0) is 0 Å². The lowest BCUT2D eigenvalue weighted by molar-refractivity contribution is 0.0522. The van der Waals surface area contributed by atoms with E-state index in [9.17, 15) is 9.90 Å². The number of carbonyl (C=O) groups excluding carboxylic acids is 1. The predicted molar refractivity (Wildman–Crippen MR) is 72.2 cm³/mol. The highest BCUT2D eigenvalue weighted by atomic mass is 16.6. The highest BCUT2D eigenvalue weighted by Gasteiger charge is 2.27. The van der Waals surface area contributed by atoms with Crippen molar-refractivity contribution in [2.24, 2.45) is 0 Å². The number of hydrogen-bond donors (Lipinski definition) is 1. The number of carbonyl (C=O) groups is 1. The van der Waals surface area contributed by atoms with Gasteiger partial charge in [-0.05, 0) is 54.2 Å². The first-order valence-electron chi connectivity index (χ1n) is 6.82. The van der Waals surface area contributed by atoms with Gasteiger partial charge in [0.1, 0.15) is 11.0 Å². The van der Waals surface area contributed by atoms with E-state index in [0.717, 1.165) is 19.3 Å². The molecular formula is C14H17N3O3. The highest BCUT2D eigenvalue weighted by Crippen LogP contribution is 2.24. The number of fused-ring (bicyclic) bond motifs is 1. The second kappa shape index (κ2) is 5.20. The number of hydrogen-bond acceptors (Lipinski definition) is 5. The molecule has 1 aromatic heterocycles. The minimum Gasteiger partial charge on any atom is -0.393 e. The lowest BCUT2D eigenvalue weighted by Crippen LogP contribution is -2.41. The van der Waals surface area contributed by atoms with E-state index in [0.29, 0.717) is 23.0 Å². The zero-order valence-corrected chi connectivity index (χ0v) is 11.3. The van der Waals surface area contributed by atoms with Gasteiger partial charge in [-0.3, -0.25) is 4.79 Å². The first-order valence-corrected chi connectivity index (χ1v) is 6.82. The van der Waals surface area contributed by atoms with E-state index in [2.05, 4.69) is 14.9 Å². The number of aliphatic hydroxyl groups is 1. The molecule has 0 radical (unpaired) electrons. The first kappa shape index (κ1) is 13.1. The van der Waals surface area contributed by atoms with Crippen LogP contribution < -0.4 is 0 Å². The molecule has 6 heteroatoms. The molecule has 0 saturated heterocycles. The third-order valence-corrected chi connectivity index (χ3v) is 3.99. The van der Waals surface area contributed by atoms with Crippen molar-refractivity contribution in [2.75, 3.05) is 7.05 Å². The molecule has 6 nitrogen and oxygen atoms in total. The Bertz CT molecular complexity index is 625. The fraction of sp³-hybridized carbons (Fsp3) is 0.500. The molecule has 2 aromatic rings. The van der Waals surface area contributed by atoms with Crippen molar-refractivity contribution in [3.8, 4) is 0 Å². The van der Waals surface area contributed by atoms with Crippen molar-refractivity contribution >= 4 is 16.9 Å². The van der Waals surface area contributed by atoms with Crippen molar-refractivity contribution in [1.29, 1.82) is 0 Å². The van der Waals surface area contributed by atoms with Crippen LogP contribution in [0.3, 0.4) is 0 Å². The van der Waals surface area contributed by atoms with Crippen molar-refractivity contribution in [2.45, 2.75) is 37.8 Å². The van der Waals surface area contributed by atoms with Crippen molar-refractivity contribution < 1.29 is 14.5 Å². The average molecular weight is 275 g/mol. The molecule has 0 unspecified atom stereocenters. The molecule has 1 aliphatic carbocycles. The van der Waals surface area contributed by atoms with Crippen LogP contribution in [0.4, 0.5) is 0 Å². The summed E-state index contributed by atoms with van der Waals surface area (Å²) >= 11 is 0. The minimum atomic E-state index is -0.300.